The van der Waals surface area contributed by atoms with Crippen LogP contribution in [0.2, 0.25) is 10.0 Å². The van der Waals surface area contributed by atoms with Crippen LogP contribution in [0, 0.1) is 0 Å². The Morgan fingerprint density at radius 3 is 2.61 bits per heavy atom. The molecule has 0 spiro atoms. The van der Waals surface area contributed by atoms with Gasteiger partial charge in [0.1, 0.15) is 17.2 Å². The molecule has 0 unspecified atom stereocenters. The molecule has 0 bridgehead atoms. The van der Waals surface area contributed by atoms with Gasteiger partial charge in [-0.25, -0.2) is 4.98 Å². The smallest absolute Gasteiger partial charge is 0.323 e. The number of carboxylic acid groups (broad SMARTS) is 1. The summed E-state index contributed by atoms with van der Waals surface area (Å²) in [4.78, 5) is 28.9. The quantitative estimate of drug-likeness (QED) is 0.858. The zero-order valence-electron chi connectivity index (χ0n) is 12.4. The van der Waals surface area contributed by atoms with E-state index in [2.05, 4.69) is 4.98 Å². The molecule has 23 heavy (non-hydrogen) atoms. The first-order valence-corrected chi connectivity index (χ1v) is 8.37. The average Bonchev–Trinajstić information content (AvgIpc) is 2.93. The van der Waals surface area contributed by atoms with E-state index in [1.54, 1.807) is 37.4 Å². The van der Waals surface area contributed by atoms with Crippen molar-refractivity contribution in [1.82, 2.24) is 9.88 Å². The lowest BCUT2D eigenvalue weighted by Crippen LogP contribution is -2.40. The Labute approximate surface area is 147 Å². The number of carboxylic acids is 1. The van der Waals surface area contributed by atoms with E-state index in [1.165, 1.54) is 16.2 Å². The predicted molar refractivity (Wildman–Crippen MR) is 91.4 cm³/mol. The first kappa shape index (κ1) is 17.7. The van der Waals surface area contributed by atoms with E-state index in [4.69, 9.17) is 28.3 Å². The standard InChI is InChI=1S/C15H14Cl2N2O3S/c1-8(2)19(6-13(20)21)15(22)12-7-23-14(18-12)10-4-3-9(16)5-11(10)17/h3-5,7-8H,6H2,1-2H3,(H,20,21). The lowest BCUT2D eigenvalue weighted by Gasteiger charge is -2.23. The maximum Gasteiger partial charge on any atom is 0.323 e. The van der Waals surface area contributed by atoms with Gasteiger partial charge in [-0.2, -0.15) is 0 Å². The van der Waals surface area contributed by atoms with Crippen molar-refractivity contribution in [3.05, 3.63) is 39.3 Å². The molecule has 1 heterocycles. The topological polar surface area (TPSA) is 70.5 Å². The lowest BCUT2D eigenvalue weighted by atomic mass is 10.2. The van der Waals surface area contributed by atoms with Gasteiger partial charge in [-0.15, -0.1) is 11.3 Å². The van der Waals surface area contributed by atoms with Crippen molar-refractivity contribution in [2.45, 2.75) is 19.9 Å². The molecule has 0 aliphatic heterocycles. The van der Waals surface area contributed by atoms with Crippen molar-refractivity contribution in [2.24, 2.45) is 0 Å². The number of hydrogen-bond acceptors (Lipinski definition) is 4. The van der Waals surface area contributed by atoms with Gasteiger partial charge in [0.05, 0.1) is 5.02 Å². The summed E-state index contributed by atoms with van der Waals surface area (Å²) in [5.74, 6) is -1.49. The molecule has 2 rings (SSSR count). The van der Waals surface area contributed by atoms with E-state index < -0.39 is 11.9 Å². The second-order valence-electron chi connectivity index (χ2n) is 5.08. The van der Waals surface area contributed by atoms with Crippen LogP contribution in [0.25, 0.3) is 10.6 Å². The van der Waals surface area contributed by atoms with Crippen LogP contribution < -0.4 is 0 Å². The van der Waals surface area contributed by atoms with E-state index >= 15 is 0 Å². The molecular formula is C15H14Cl2N2O3S. The second kappa shape index (κ2) is 7.29. The van der Waals surface area contributed by atoms with Crippen molar-refractivity contribution >= 4 is 46.4 Å². The summed E-state index contributed by atoms with van der Waals surface area (Å²) >= 11 is 13.3. The van der Waals surface area contributed by atoms with Crippen molar-refractivity contribution in [1.29, 1.82) is 0 Å². The minimum Gasteiger partial charge on any atom is -0.480 e. The Kier molecular flexibility index (Phi) is 5.62. The van der Waals surface area contributed by atoms with Crippen LogP contribution in [-0.4, -0.2) is 39.5 Å². The van der Waals surface area contributed by atoms with Gasteiger partial charge < -0.3 is 10.0 Å². The maximum atomic E-state index is 12.5. The van der Waals surface area contributed by atoms with Crippen LogP contribution in [0.15, 0.2) is 23.6 Å². The van der Waals surface area contributed by atoms with Crippen molar-refractivity contribution in [2.75, 3.05) is 6.54 Å². The summed E-state index contributed by atoms with van der Waals surface area (Å²) in [6, 6.07) is 4.78. The highest BCUT2D eigenvalue weighted by Gasteiger charge is 2.24. The number of thiazole rings is 1. The summed E-state index contributed by atoms with van der Waals surface area (Å²) in [5.41, 5.74) is 0.875. The number of hydrogen-bond donors (Lipinski definition) is 1. The Bertz CT molecular complexity index is 746. The van der Waals surface area contributed by atoms with Crippen LogP contribution in [0.4, 0.5) is 0 Å². The molecule has 0 aliphatic rings. The van der Waals surface area contributed by atoms with Gasteiger partial charge in [-0.05, 0) is 32.0 Å². The maximum absolute atomic E-state index is 12.5. The van der Waals surface area contributed by atoms with Gasteiger partial charge >= 0.3 is 5.97 Å². The fraction of sp³-hybridized carbons (Fsp3) is 0.267. The largest absolute Gasteiger partial charge is 0.480 e. The zero-order valence-corrected chi connectivity index (χ0v) is 14.7. The Hall–Kier alpha value is -1.63. The summed E-state index contributed by atoms with van der Waals surface area (Å²) in [6.07, 6.45) is 0. The summed E-state index contributed by atoms with van der Waals surface area (Å²) in [5, 5.41) is 12.1. The fourth-order valence-electron chi connectivity index (χ4n) is 1.94. The van der Waals surface area contributed by atoms with Gasteiger partial charge in [-0.3, -0.25) is 9.59 Å². The molecular weight excluding hydrogens is 359 g/mol. The summed E-state index contributed by atoms with van der Waals surface area (Å²) in [6.45, 7) is 3.14. The molecule has 0 atom stereocenters. The normalized spacial score (nSPS) is 10.8. The van der Waals surface area contributed by atoms with Gasteiger partial charge in [0, 0.05) is 22.0 Å². The number of carbonyl (C=O) groups is 2. The minimum absolute atomic E-state index is 0.200. The van der Waals surface area contributed by atoms with Crippen LogP contribution in [0.5, 0.6) is 0 Å². The van der Waals surface area contributed by atoms with E-state index in [-0.39, 0.29) is 18.3 Å². The molecule has 1 N–H and O–H groups in total. The second-order valence-corrected chi connectivity index (χ2v) is 6.78. The van der Waals surface area contributed by atoms with Crippen LogP contribution in [0.1, 0.15) is 24.3 Å². The Balaban J connectivity index is 2.30. The van der Waals surface area contributed by atoms with E-state index in [1.807, 2.05) is 0 Å². The lowest BCUT2D eigenvalue weighted by molar-refractivity contribution is -0.138. The SMILES string of the molecule is CC(C)N(CC(=O)O)C(=O)c1csc(-c2ccc(Cl)cc2Cl)n1. The van der Waals surface area contributed by atoms with E-state index in [0.29, 0.717) is 20.6 Å². The van der Waals surface area contributed by atoms with Gasteiger partial charge in [0.2, 0.25) is 0 Å². The number of aromatic nitrogens is 1. The number of rotatable bonds is 5. The number of nitrogens with zero attached hydrogens (tertiary/aromatic N) is 2. The molecule has 1 amide bonds. The molecule has 122 valence electrons. The Morgan fingerprint density at radius 2 is 2.04 bits per heavy atom. The molecule has 0 saturated heterocycles. The highest BCUT2D eigenvalue weighted by Crippen LogP contribution is 2.32. The first-order chi connectivity index (χ1) is 10.8. The molecule has 1 aromatic carbocycles. The van der Waals surface area contributed by atoms with Crippen LogP contribution in [0.3, 0.4) is 0 Å². The van der Waals surface area contributed by atoms with Gasteiger partial charge in [0.25, 0.3) is 5.91 Å². The molecule has 0 saturated carbocycles. The summed E-state index contributed by atoms with van der Waals surface area (Å²) in [7, 11) is 0. The molecule has 0 radical (unpaired) electrons. The summed E-state index contributed by atoms with van der Waals surface area (Å²) < 4.78 is 0. The Morgan fingerprint density at radius 1 is 1.35 bits per heavy atom. The molecule has 5 nitrogen and oxygen atoms in total. The molecule has 1 aromatic heterocycles. The average molecular weight is 373 g/mol. The first-order valence-electron chi connectivity index (χ1n) is 6.73. The minimum atomic E-state index is -1.07. The monoisotopic (exact) mass is 372 g/mol. The van der Waals surface area contributed by atoms with Gasteiger partial charge in [0.15, 0.2) is 0 Å². The van der Waals surface area contributed by atoms with E-state index in [0.717, 1.165) is 0 Å². The highest BCUT2D eigenvalue weighted by molar-refractivity contribution is 7.13. The molecule has 0 aliphatic carbocycles. The van der Waals surface area contributed by atoms with Crippen molar-refractivity contribution in [3.63, 3.8) is 0 Å². The third-order valence-corrected chi connectivity index (χ3v) is 4.50. The zero-order chi connectivity index (χ0) is 17.1. The fourth-order valence-corrected chi connectivity index (χ4v) is 3.33. The van der Waals surface area contributed by atoms with E-state index in [9.17, 15) is 9.59 Å². The number of amides is 1. The van der Waals surface area contributed by atoms with Crippen molar-refractivity contribution < 1.29 is 14.7 Å². The van der Waals surface area contributed by atoms with Gasteiger partial charge in [-0.1, -0.05) is 23.2 Å². The van der Waals surface area contributed by atoms with Crippen molar-refractivity contribution in [3.8, 4) is 10.6 Å². The predicted octanol–water partition coefficient (Wildman–Crippen LogP) is 4.05. The molecule has 2 aromatic rings. The van der Waals surface area contributed by atoms with Crippen LogP contribution >= 0.6 is 34.5 Å². The number of halogens is 2. The number of aliphatic carboxylic acids is 1. The molecule has 0 fully saturated rings. The highest BCUT2D eigenvalue weighted by atomic mass is 35.5. The number of benzene rings is 1. The molecule has 8 heteroatoms. The third-order valence-electron chi connectivity index (χ3n) is 3.07. The van der Waals surface area contributed by atoms with Crippen LogP contribution in [-0.2, 0) is 4.79 Å². The number of carbonyl (C=O) groups excluding carboxylic acids is 1. The third kappa shape index (κ3) is 4.22.